The summed E-state index contributed by atoms with van der Waals surface area (Å²) in [6.45, 7) is 5.46. The number of aromatic nitrogens is 3. The maximum Gasteiger partial charge on any atom is 0.293 e. The Hall–Kier alpha value is -1.65. The van der Waals surface area contributed by atoms with Crippen molar-refractivity contribution in [2.24, 2.45) is 0 Å². The van der Waals surface area contributed by atoms with Crippen LogP contribution in [0.15, 0.2) is 11.6 Å². The van der Waals surface area contributed by atoms with E-state index in [4.69, 9.17) is 0 Å². The van der Waals surface area contributed by atoms with Crippen LogP contribution in [0.25, 0.3) is 0 Å². The summed E-state index contributed by atoms with van der Waals surface area (Å²) in [5.41, 5.74) is 1.23. The molecule has 0 unspecified atom stereocenters. The van der Waals surface area contributed by atoms with Crippen LogP contribution in [-0.4, -0.2) is 39.1 Å². The molecule has 16 heavy (non-hydrogen) atoms. The van der Waals surface area contributed by atoms with Crippen molar-refractivity contribution in [2.75, 3.05) is 13.1 Å². The molecule has 1 aromatic rings. The Bertz CT molecular complexity index is 421. The number of nitrogens with one attached hydrogen (secondary N) is 1. The first-order valence-electron chi connectivity index (χ1n) is 5.57. The molecule has 1 aromatic heterocycles. The van der Waals surface area contributed by atoms with Gasteiger partial charge < -0.3 is 4.90 Å². The molecule has 2 rings (SSSR count). The van der Waals surface area contributed by atoms with Gasteiger partial charge in [0, 0.05) is 19.5 Å². The average molecular weight is 220 g/mol. The van der Waals surface area contributed by atoms with E-state index in [2.05, 4.69) is 21.3 Å². The number of nitrogens with zero attached hydrogens (tertiary/aromatic N) is 3. The van der Waals surface area contributed by atoms with Gasteiger partial charge in [-0.15, -0.1) is 5.10 Å². The summed E-state index contributed by atoms with van der Waals surface area (Å²) in [6.07, 6.45) is 3.85. The third kappa shape index (κ3) is 2.13. The Morgan fingerprint density at radius 1 is 1.62 bits per heavy atom. The standard InChI is InChI=1S/C11H16N4O/c1-3-9-12-10(14-13-9)11(16)15-6-4-5-8(2)7-15/h5H,3-4,6-7H2,1-2H3,(H,12,13,14). The van der Waals surface area contributed by atoms with Crippen LogP contribution < -0.4 is 0 Å². The van der Waals surface area contributed by atoms with E-state index < -0.39 is 0 Å². The van der Waals surface area contributed by atoms with E-state index in [-0.39, 0.29) is 11.7 Å². The van der Waals surface area contributed by atoms with Crippen LogP contribution in [-0.2, 0) is 6.42 Å². The molecule has 0 aliphatic carbocycles. The molecule has 0 radical (unpaired) electrons. The molecule has 2 heterocycles. The summed E-state index contributed by atoms with van der Waals surface area (Å²) in [7, 11) is 0. The van der Waals surface area contributed by atoms with E-state index in [1.165, 1.54) is 5.57 Å². The van der Waals surface area contributed by atoms with Gasteiger partial charge in [0.05, 0.1) is 0 Å². The molecule has 1 aliphatic rings. The van der Waals surface area contributed by atoms with Crippen molar-refractivity contribution in [1.82, 2.24) is 20.1 Å². The van der Waals surface area contributed by atoms with Gasteiger partial charge in [-0.3, -0.25) is 9.89 Å². The second kappa shape index (κ2) is 4.47. The highest BCUT2D eigenvalue weighted by Gasteiger charge is 2.21. The smallest absolute Gasteiger partial charge is 0.293 e. The lowest BCUT2D eigenvalue weighted by molar-refractivity contribution is 0.0754. The minimum atomic E-state index is -0.0802. The van der Waals surface area contributed by atoms with Crippen LogP contribution >= 0.6 is 0 Å². The molecule has 1 aliphatic heterocycles. The molecule has 0 spiro atoms. The Morgan fingerprint density at radius 2 is 2.44 bits per heavy atom. The van der Waals surface area contributed by atoms with Crippen LogP contribution in [0.5, 0.6) is 0 Å². The molecule has 86 valence electrons. The zero-order valence-corrected chi connectivity index (χ0v) is 9.66. The predicted molar refractivity (Wildman–Crippen MR) is 60.0 cm³/mol. The second-order valence-corrected chi connectivity index (χ2v) is 4.03. The first kappa shape index (κ1) is 10.9. The number of carbonyl (C=O) groups excluding carboxylic acids is 1. The topological polar surface area (TPSA) is 61.9 Å². The highest BCUT2D eigenvalue weighted by atomic mass is 16.2. The number of hydrogen-bond acceptors (Lipinski definition) is 3. The van der Waals surface area contributed by atoms with Gasteiger partial charge in [0.1, 0.15) is 5.82 Å². The monoisotopic (exact) mass is 220 g/mol. The van der Waals surface area contributed by atoms with Crippen molar-refractivity contribution in [1.29, 1.82) is 0 Å². The van der Waals surface area contributed by atoms with Crippen molar-refractivity contribution >= 4 is 5.91 Å². The molecule has 1 amide bonds. The van der Waals surface area contributed by atoms with Crippen molar-refractivity contribution in [3.05, 3.63) is 23.3 Å². The fraction of sp³-hybridized carbons (Fsp3) is 0.545. The number of aromatic amines is 1. The molecule has 0 aromatic carbocycles. The van der Waals surface area contributed by atoms with Crippen molar-refractivity contribution < 1.29 is 4.79 Å². The summed E-state index contributed by atoms with van der Waals surface area (Å²) < 4.78 is 0. The summed E-state index contributed by atoms with van der Waals surface area (Å²) in [6, 6.07) is 0. The summed E-state index contributed by atoms with van der Waals surface area (Å²) in [5, 5.41) is 6.70. The van der Waals surface area contributed by atoms with Gasteiger partial charge in [-0.1, -0.05) is 18.6 Å². The highest BCUT2D eigenvalue weighted by molar-refractivity contribution is 5.90. The molecule has 0 bridgehead atoms. The zero-order valence-electron chi connectivity index (χ0n) is 9.66. The fourth-order valence-corrected chi connectivity index (χ4v) is 1.78. The Morgan fingerprint density at radius 3 is 3.06 bits per heavy atom. The lowest BCUT2D eigenvalue weighted by Gasteiger charge is -2.24. The van der Waals surface area contributed by atoms with Crippen LogP contribution in [0, 0.1) is 0 Å². The third-order valence-electron chi connectivity index (χ3n) is 2.68. The first-order chi connectivity index (χ1) is 7.70. The van der Waals surface area contributed by atoms with Gasteiger partial charge >= 0.3 is 0 Å². The average Bonchev–Trinajstić information content (AvgIpc) is 2.76. The van der Waals surface area contributed by atoms with Gasteiger partial charge in [0.2, 0.25) is 5.82 Å². The largest absolute Gasteiger partial charge is 0.332 e. The van der Waals surface area contributed by atoms with Gasteiger partial charge in [-0.2, -0.15) is 0 Å². The van der Waals surface area contributed by atoms with Crippen LogP contribution in [0.1, 0.15) is 36.7 Å². The zero-order chi connectivity index (χ0) is 11.5. The van der Waals surface area contributed by atoms with Crippen molar-refractivity contribution in [3.8, 4) is 0 Å². The molecular formula is C11H16N4O. The van der Waals surface area contributed by atoms with E-state index in [1.54, 1.807) is 4.90 Å². The van der Waals surface area contributed by atoms with E-state index >= 15 is 0 Å². The summed E-state index contributed by atoms with van der Waals surface area (Å²) >= 11 is 0. The lowest BCUT2D eigenvalue weighted by Crippen LogP contribution is -2.36. The van der Waals surface area contributed by atoms with Gasteiger partial charge in [0.25, 0.3) is 5.91 Å². The first-order valence-corrected chi connectivity index (χ1v) is 5.57. The second-order valence-electron chi connectivity index (χ2n) is 4.03. The minimum Gasteiger partial charge on any atom is -0.332 e. The van der Waals surface area contributed by atoms with Crippen LogP contribution in [0.4, 0.5) is 0 Å². The highest BCUT2D eigenvalue weighted by Crippen LogP contribution is 2.11. The molecule has 0 saturated heterocycles. The number of rotatable bonds is 2. The summed E-state index contributed by atoms with van der Waals surface area (Å²) in [5.74, 6) is 0.961. The van der Waals surface area contributed by atoms with E-state index in [0.717, 1.165) is 25.2 Å². The number of hydrogen-bond donors (Lipinski definition) is 1. The maximum atomic E-state index is 12.0. The maximum absolute atomic E-state index is 12.0. The minimum absolute atomic E-state index is 0.0802. The molecular weight excluding hydrogens is 204 g/mol. The van der Waals surface area contributed by atoms with E-state index in [0.29, 0.717) is 6.54 Å². The Balaban J connectivity index is 2.10. The molecule has 0 fully saturated rings. The predicted octanol–water partition coefficient (Wildman–Crippen LogP) is 1.16. The fourth-order valence-electron chi connectivity index (χ4n) is 1.78. The van der Waals surface area contributed by atoms with Crippen LogP contribution in [0.3, 0.4) is 0 Å². The SMILES string of the molecule is CCc1nc(C(=O)N2CCC=C(C)C2)n[nH]1. The van der Waals surface area contributed by atoms with Crippen molar-refractivity contribution in [2.45, 2.75) is 26.7 Å². The normalized spacial score (nSPS) is 16.1. The number of H-pyrrole nitrogens is 1. The van der Waals surface area contributed by atoms with Gasteiger partial charge in [0.15, 0.2) is 0 Å². The third-order valence-corrected chi connectivity index (χ3v) is 2.68. The van der Waals surface area contributed by atoms with Crippen LogP contribution in [0.2, 0.25) is 0 Å². The molecule has 1 N–H and O–H groups in total. The quantitative estimate of drug-likeness (QED) is 0.761. The van der Waals surface area contributed by atoms with Crippen molar-refractivity contribution in [3.63, 3.8) is 0 Å². The number of aryl methyl sites for hydroxylation is 1. The van der Waals surface area contributed by atoms with Gasteiger partial charge in [-0.05, 0) is 13.3 Å². The Kier molecular flexibility index (Phi) is 3.03. The van der Waals surface area contributed by atoms with E-state index in [1.807, 2.05) is 13.8 Å². The molecule has 0 atom stereocenters. The van der Waals surface area contributed by atoms with Gasteiger partial charge in [-0.25, -0.2) is 4.98 Å². The molecule has 5 nitrogen and oxygen atoms in total. The number of amides is 1. The number of carbonyl (C=O) groups is 1. The summed E-state index contributed by atoms with van der Waals surface area (Å²) in [4.78, 5) is 18.0. The Labute approximate surface area is 94.6 Å². The molecule has 0 saturated carbocycles. The van der Waals surface area contributed by atoms with E-state index in [9.17, 15) is 4.79 Å². The molecule has 5 heteroatoms. The lowest BCUT2D eigenvalue weighted by atomic mass is 10.1.